The quantitative estimate of drug-likeness (QED) is 0.304. The van der Waals surface area contributed by atoms with Crippen LogP contribution in [-0.4, -0.2) is 44.7 Å². The van der Waals surface area contributed by atoms with E-state index in [0.29, 0.717) is 0 Å². The van der Waals surface area contributed by atoms with Crippen LogP contribution in [0.4, 0.5) is 5.69 Å². The molecular weight excluding hydrogens is 328 g/mol. The highest BCUT2D eigenvalue weighted by Gasteiger charge is 1.99. The number of nitrogens with zero attached hydrogens (tertiary/aromatic N) is 1. The first-order valence-electron chi connectivity index (χ1n) is 9.62. The van der Waals surface area contributed by atoms with Crippen molar-refractivity contribution in [2.75, 3.05) is 38.2 Å². The van der Waals surface area contributed by atoms with E-state index in [1.165, 1.54) is 18.9 Å². The molecule has 0 saturated carbocycles. The highest BCUT2D eigenvalue weighted by atomic mass is 16.5. The van der Waals surface area contributed by atoms with Crippen LogP contribution in [0.2, 0.25) is 0 Å². The number of rotatable bonds is 12. The molecule has 6 heteroatoms. The maximum absolute atomic E-state index is 11.0. The van der Waals surface area contributed by atoms with Gasteiger partial charge in [-0.05, 0) is 43.9 Å². The minimum absolute atomic E-state index is 0.0540. The van der Waals surface area contributed by atoms with Crippen molar-refractivity contribution in [3.8, 4) is 0 Å². The van der Waals surface area contributed by atoms with E-state index in [2.05, 4.69) is 34.8 Å². The molecule has 3 N–H and O–H groups in total. The maximum atomic E-state index is 11.0. The van der Waals surface area contributed by atoms with Gasteiger partial charge in [0.15, 0.2) is 5.96 Å². The summed E-state index contributed by atoms with van der Waals surface area (Å²) in [5.41, 5.74) is 2.04. The zero-order valence-corrected chi connectivity index (χ0v) is 16.4. The average molecular weight is 363 g/mol. The third-order valence-corrected chi connectivity index (χ3v) is 3.68. The normalized spacial score (nSPS) is 11.3. The zero-order valence-electron chi connectivity index (χ0n) is 16.4. The van der Waals surface area contributed by atoms with E-state index in [-0.39, 0.29) is 5.91 Å². The van der Waals surface area contributed by atoms with Gasteiger partial charge >= 0.3 is 0 Å². The van der Waals surface area contributed by atoms with Crippen molar-refractivity contribution >= 4 is 17.6 Å². The molecule has 0 aromatic heterocycles. The van der Waals surface area contributed by atoms with E-state index >= 15 is 0 Å². The fourth-order valence-corrected chi connectivity index (χ4v) is 2.33. The van der Waals surface area contributed by atoms with Crippen LogP contribution in [0, 0.1) is 0 Å². The summed E-state index contributed by atoms with van der Waals surface area (Å²) < 4.78 is 5.55. The van der Waals surface area contributed by atoms with Gasteiger partial charge in [-0.25, -0.2) is 0 Å². The highest BCUT2D eigenvalue weighted by Crippen LogP contribution is 2.09. The molecule has 146 valence electrons. The number of aliphatic imine (C=N–C) groups is 1. The number of amides is 1. The molecular formula is C20H34N4O2. The molecule has 0 fully saturated rings. The molecule has 0 bridgehead atoms. The van der Waals surface area contributed by atoms with Crippen LogP contribution in [0.15, 0.2) is 29.3 Å². The third-order valence-electron chi connectivity index (χ3n) is 3.68. The molecule has 0 spiro atoms. The molecule has 6 nitrogen and oxygen atoms in total. The molecule has 0 atom stereocenters. The zero-order chi connectivity index (χ0) is 19.0. The number of hydrogen-bond donors (Lipinski definition) is 3. The number of carbonyl (C=O) groups is 1. The topological polar surface area (TPSA) is 74.8 Å². The van der Waals surface area contributed by atoms with Gasteiger partial charge in [0.2, 0.25) is 5.91 Å². The Morgan fingerprint density at radius 3 is 2.46 bits per heavy atom. The Bertz CT molecular complexity index is 529. The Hall–Kier alpha value is -2.08. The lowest BCUT2D eigenvalue weighted by molar-refractivity contribution is -0.114. The Morgan fingerprint density at radius 2 is 1.81 bits per heavy atom. The minimum atomic E-state index is -0.0540. The monoisotopic (exact) mass is 362 g/mol. The fraction of sp³-hybridized carbons (Fsp3) is 0.600. The van der Waals surface area contributed by atoms with Gasteiger partial charge in [0.25, 0.3) is 0 Å². The van der Waals surface area contributed by atoms with Crippen molar-refractivity contribution in [3.05, 3.63) is 29.8 Å². The predicted octanol–water partition coefficient (Wildman–Crippen LogP) is 2.95. The van der Waals surface area contributed by atoms with Crippen LogP contribution in [0.1, 0.15) is 45.6 Å². The summed E-state index contributed by atoms with van der Waals surface area (Å²) in [7, 11) is 0. The van der Waals surface area contributed by atoms with Crippen LogP contribution in [-0.2, 0) is 16.0 Å². The third kappa shape index (κ3) is 10.7. The van der Waals surface area contributed by atoms with Crippen LogP contribution in [0.5, 0.6) is 0 Å². The van der Waals surface area contributed by atoms with Crippen LogP contribution in [0.3, 0.4) is 0 Å². The van der Waals surface area contributed by atoms with E-state index in [1.54, 1.807) is 0 Å². The maximum Gasteiger partial charge on any atom is 0.221 e. The van der Waals surface area contributed by atoms with E-state index in [1.807, 2.05) is 24.3 Å². The number of hydrogen-bond acceptors (Lipinski definition) is 3. The first-order valence-corrected chi connectivity index (χ1v) is 9.62. The lowest BCUT2D eigenvalue weighted by Gasteiger charge is -2.11. The lowest BCUT2D eigenvalue weighted by atomic mass is 10.1. The molecule has 0 radical (unpaired) electrons. The summed E-state index contributed by atoms with van der Waals surface area (Å²) in [6.45, 7) is 9.75. The second-order valence-corrected chi connectivity index (χ2v) is 6.14. The van der Waals surface area contributed by atoms with E-state index < -0.39 is 0 Å². The summed E-state index contributed by atoms with van der Waals surface area (Å²) in [6.07, 6.45) is 4.12. The number of unbranched alkanes of at least 4 members (excludes halogenated alkanes) is 1. The number of benzene rings is 1. The van der Waals surface area contributed by atoms with E-state index in [9.17, 15) is 4.79 Å². The Balaban J connectivity index is 2.29. The van der Waals surface area contributed by atoms with Crippen LogP contribution >= 0.6 is 0 Å². The van der Waals surface area contributed by atoms with Gasteiger partial charge in [-0.1, -0.05) is 25.5 Å². The molecule has 0 saturated heterocycles. The molecule has 0 aliphatic rings. The van der Waals surface area contributed by atoms with Crippen molar-refractivity contribution in [2.45, 2.75) is 46.5 Å². The lowest BCUT2D eigenvalue weighted by Crippen LogP contribution is -2.38. The first kappa shape index (κ1) is 22.0. The summed E-state index contributed by atoms with van der Waals surface area (Å²) in [5, 5.41) is 9.39. The van der Waals surface area contributed by atoms with Gasteiger partial charge in [-0.2, -0.15) is 0 Å². The number of carbonyl (C=O) groups excluding carboxylic acids is 1. The average Bonchev–Trinajstić information content (AvgIpc) is 2.62. The number of ether oxygens (including phenoxy) is 1. The summed E-state index contributed by atoms with van der Waals surface area (Å²) >= 11 is 0. The molecule has 0 aliphatic heterocycles. The molecule has 1 rings (SSSR count). The van der Waals surface area contributed by atoms with Crippen molar-refractivity contribution in [1.82, 2.24) is 10.6 Å². The molecule has 0 unspecified atom stereocenters. The van der Waals surface area contributed by atoms with Crippen LogP contribution in [0.25, 0.3) is 0 Å². The first-order chi connectivity index (χ1) is 12.7. The molecule has 1 aromatic carbocycles. The SMILES string of the molecule is CCCCOCCCN=C(NCC)NCCc1ccc(NC(C)=O)cc1. The van der Waals surface area contributed by atoms with Gasteiger partial charge < -0.3 is 20.7 Å². The number of nitrogens with one attached hydrogen (secondary N) is 3. The van der Waals surface area contributed by atoms with Gasteiger partial charge in [-0.15, -0.1) is 0 Å². The molecule has 1 amide bonds. The molecule has 1 aromatic rings. The van der Waals surface area contributed by atoms with Gasteiger partial charge in [0, 0.05) is 45.5 Å². The van der Waals surface area contributed by atoms with Crippen molar-refractivity contribution in [2.24, 2.45) is 4.99 Å². The predicted molar refractivity (Wildman–Crippen MR) is 109 cm³/mol. The van der Waals surface area contributed by atoms with Gasteiger partial charge in [0.05, 0.1) is 0 Å². The molecule has 26 heavy (non-hydrogen) atoms. The largest absolute Gasteiger partial charge is 0.381 e. The minimum Gasteiger partial charge on any atom is -0.381 e. The Labute approximate surface area is 157 Å². The Kier molecular flexibility index (Phi) is 11.9. The fourth-order valence-electron chi connectivity index (χ4n) is 2.33. The summed E-state index contributed by atoms with van der Waals surface area (Å²) in [5.74, 6) is 0.789. The van der Waals surface area contributed by atoms with E-state index in [0.717, 1.165) is 63.8 Å². The van der Waals surface area contributed by atoms with E-state index in [4.69, 9.17) is 4.74 Å². The second kappa shape index (κ2) is 14.1. The van der Waals surface area contributed by atoms with Crippen molar-refractivity contribution < 1.29 is 9.53 Å². The van der Waals surface area contributed by atoms with Gasteiger partial charge in [0.1, 0.15) is 0 Å². The van der Waals surface area contributed by atoms with Crippen molar-refractivity contribution in [1.29, 1.82) is 0 Å². The van der Waals surface area contributed by atoms with Crippen molar-refractivity contribution in [3.63, 3.8) is 0 Å². The smallest absolute Gasteiger partial charge is 0.221 e. The molecule has 0 aliphatic carbocycles. The van der Waals surface area contributed by atoms with Gasteiger partial charge in [-0.3, -0.25) is 9.79 Å². The second-order valence-electron chi connectivity index (χ2n) is 6.14. The number of guanidine groups is 1. The number of anilines is 1. The highest BCUT2D eigenvalue weighted by molar-refractivity contribution is 5.88. The standard InChI is InChI=1S/C20H34N4O2/c1-4-6-15-26-16-7-13-22-20(21-5-2)23-14-12-18-8-10-19(11-9-18)24-17(3)25/h8-11H,4-7,12-16H2,1-3H3,(H,24,25)(H2,21,22,23). The molecule has 0 heterocycles. The van der Waals surface area contributed by atoms with Crippen LogP contribution < -0.4 is 16.0 Å². The Morgan fingerprint density at radius 1 is 1.08 bits per heavy atom. The summed E-state index contributed by atoms with van der Waals surface area (Å²) in [4.78, 5) is 15.6. The summed E-state index contributed by atoms with van der Waals surface area (Å²) in [6, 6.07) is 7.92.